The molecular weight excluding hydrogens is 220 g/mol. The van der Waals surface area contributed by atoms with E-state index in [1.54, 1.807) is 6.92 Å². The third kappa shape index (κ3) is 2.48. The van der Waals surface area contributed by atoms with Crippen LogP contribution < -0.4 is 10.6 Å². The van der Waals surface area contributed by atoms with Crippen LogP contribution >= 0.6 is 0 Å². The van der Waals surface area contributed by atoms with E-state index in [1.165, 1.54) is 0 Å². The second kappa shape index (κ2) is 4.85. The van der Waals surface area contributed by atoms with Crippen LogP contribution in [0, 0.1) is 17.3 Å². The molecule has 5 nitrogen and oxygen atoms in total. The van der Waals surface area contributed by atoms with E-state index in [2.05, 4.69) is 24.5 Å². The minimum Gasteiger partial charge on any atom is -0.277 e. The van der Waals surface area contributed by atoms with Gasteiger partial charge in [0.2, 0.25) is 11.8 Å². The first-order valence-electron chi connectivity index (χ1n) is 6.00. The summed E-state index contributed by atoms with van der Waals surface area (Å²) in [5.74, 6) is -0.321. The number of nitrogens with one attached hydrogen (secondary N) is 2. The first-order chi connectivity index (χ1) is 7.83. The van der Waals surface area contributed by atoms with E-state index in [1.807, 2.05) is 6.92 Å². The van der Waals surface area contributed by atoms with Crippen molar-refractivity contribution in [3.8, 4) is 0 Å². The molecule has 1 rings (SSSR count). The molecule has 0 aromatic heterocycles. The van der Waals surface area contributed by atoms with Crippen molar-refractivity contribution in [3.05, 3.63) is 0 Å². The molecule has 0 saturated carbocycles. The molecule has 0 spiro atoms. The van der Waals surface area contributed by atoms with E-state index in [-0.39, 0.29) is 5.92 Å². The lowest BCUT2D eigenvalue weighted by atomic mass is 9.72. The van der Waals surface area contributed by atoms with E-state index >= 15 is 0 Å². The average Bonchev–Trinajstić information content (AvgIpc) is 2.23. The van der Waals surface area contributed by atoms with E-state index in [0.717, 1.165) is 0 Å². The van der Waals surface area contributed by atoms with Crippen LogP contribution in [0.25, 0.3) is 0 Å². The summed E-state index contributed by atoms with van der Waals surface area (Å²) in [7, 11) is 0. The van der Waals surface area contributed by atoms with Crippen LogP contribution in [-0.2, 0) is 9.59 Å². The molecule has 1 unspecified atom stereocenters. The molecule has 4 amide bonds. The van der Waals surface area contributed by atoms with Gasteiger partial charge in [-0.2, -0.15) is 0 Å². The Bertz CT molecular complexity index is 330. The molecule has 1 atom stereocenters. The minimum absolute atomic E-state index is 0.236. The maximum absolute atomic E-state index is 11.9. The molecule has 0 bridgehead atoms. The van der Waals surface area contributed by atoms with Crippen LogP contribution in [0.2, 0.25) is 0 Å². The minimum atomic E-state index is -1.10. The van der Waals surface area contributed by atoms with Gasteiger partial charge in [-0.3, -0.25) is 20.2 Å². The lowest BCUT2D eigenvalue weighted by Gasteiger charge is -2.35. The molecule has 0 aliphatic carbocycles. The Morgan fingerprint density at radius 3 is 1.88 bits per heavy atom. The summed E-state index contributed by atoms with van der Waals surface area (Å²) >= 11 is 0. The van der Waals surface area contributed by atoms with Crippen LogP contribution in [0.3, 0.4) is 0 Å². The Kier molecular flexibility index (Phi) is 3.91. The van der Waals surface area contributed by atoms with Gasteiger partial charge in [0, 0.05) is 0 Å². The third-order valence-corrected chi connectivity index (χ3v) is 3.74. The lowest BCUT2D eigenvalue weighted by Crippen LogP contribution is -2.62. The summed E-state index contributed by atoms with van der Waals surface area (Å²) in [6, 6.07) is -0.721. The van der Waals surface area contributed by atoms with Crippen LogP contribution in [0.5, 0.6) is 0 Å². The normalized spacial score (nSPS) is 21.1. The maximum Gasteiger partial charge on any atom is 0.328 e. The Morgan fingerprint density at radius 2 is 1.53 bits per heavy atom. The van der Waals surface area contributed by atoms with Gasteiger partial charge in [-0.15, -0.1) is 0 Å². The van der Waals surface area contributed by atoms with Crippen molar-refractivity contribution < 1.29 is 14.4 Å². The molecule has 2 N–H and O–H groups in total. The fourth-order valence-corrected chi connectivity index (χ4v) is 2.02. The second-order valence-corrected chi connectivity index (χ2v) is 5.10. The lowest BCUT2D eigenvalue weighted by molar-refractivity contribution is -0.146. The SMILES string of the molecule is CCC1(CC(C)C(C)C)C(=O)NC(=O)NC1=O. The Balaban J connectivity index is 2.97. The molecule has 17 heavy (non-hydrogen) atoms. The predicted molar refractivity (Wildman–Crippen MR) is 63.0 cm³/mol. The quantitative estimate of drug-likeness (QED) is 0.730. The molecular formula is C12H20N2O3. The van der Waals surface area contributed by atoms with Gasteiger partial charge in [0.1, 0.15) is 5.41 Å². The molecule has 1 fully saturated rings. The highest BCUT2D eigenvalue weighted by Gasteiger charge is 2.49. The topological polar surface area (TPSA) is 75.3 Å². The molecule has 0 aromatic rings. The van der Waals surface area contributed by atoms with Crippen molar-refractivity contribution in [2.45, 2.75) is 40.5 Å². The summed E-state index contributed by atoms with van der Waals surface area (Å²) in [6.07, 6.45) is 0.862. The summed E-state index contributed by atoms with van der Waals surface area (Å²) < 4.78 is 0. The number of amides is 4. The van der Waals surface area contributed by atoms with Crippen molar-refractivity contribution in [2.75, 3.05) is 0 Å². The van der Waals surface area contributed by atoms with Crippen LogP contribution in [-0.4, -0.2) is 17.8 Å². The van der Waals surface area contributed by atoms with E-state index in [9.17, 15) is 14.4 Å². The van der Waals surface area contributed by atoms with Crippen molar-refractivity contribution in [1.29, 1.82) is 0 Å². The molecule has 5 heteroatoms. The number of rotatable bonds is 4. The van der Waals surface area contributed by atoms with E-state index in [4.69, 9.17) is 0 Å². The summed E-state index contributed by atoms with van der Waals surface area (Å²) in [5.41, 5.74) is -1.10. The summed E-state index contributed by atoms with van der Waals surface area (Å²) in [6.45, 7) is 7.91. The first-order valence-corrected chi connectivity index (χ1v) is 6.00. The van der Waals surface area contributed by atoms with Gasteiger partial charge < -0.3 is 0 Å². The van der Waals surface area contributed by atoms with Crippen molar-refractivity contribution in [3.63, 3.8) is 0 Å². The van der Waals surface area contributed by atoms with Crippen molar-refractivity contribution in [1.82, 2.24) is 10.6 Å². The molecule has 1 heterocycles. The van der Waals surface area contributed by atoms with Crippen molar-refractivity contribution >= 4 is 17.8 Å². The van der Waals surface area contributed by atoms with Gasteiger partial charge in [0.05, 0.1) is 0 Å². The molecule has 0 aromatic carbocycles. The standard InChI is InChI=1S/C12H20N2O3/c1-5-12(6-8(4)7(2)3)9(15)13-11(17)14-10(12)16/h7-8H,5-6H2,1-4H3,(H2,13,14,15,16,17). The van der Waals surface area contributed by atoms with Crippen molar-refractivity contribution in [2.24, 2.45) is 17.3 Å². The highest BCUT2D eigenvalue weighted by Crippen LogP contribution is 2.35. The van der Waals surface area contributed by atoms with Gasteiger partial charge in [-0.1, -0.05) is 27.7 Å². The van der Waals surface area contributed by atoms with Gasteiger partial charge in [0.15, 0.2) is 0 Å². The highest BCUT2D eigenvalue weighted by atomic mass is 16.2. The van der Waals surface area contributed by atoms with Crippen LogP contribution in [0.4, 0.5) is 4.79 Å². The number of hydrogen-bond acceptors (Lipinski definition) is 3. The number of barbiturate groups is 1. The zero-order chi connectivity index (χ0) is 13.2. The third-order valence-electron chi connectivity index (χ3n) is 3.74. The monoisotopic (exact) mass is 240 g/mol. The average molecular weight is 240 g/mol. The van der Waals surface area contributed by atoms with Gasteiger partial charge >= 0.3 is 6.03 Å². The smallest absolute Gasteiger partial charge is 0.277 e. The fourth-order valence-electron chi connectivity index (χ4n) is 2.02. The number of urea groups is 1. The zero-order valence-corrected chi connectivity index (χ0v) is 10.8. The van der Waals surface area contributed by atoms with Crippen LogP contribution in [0.15, 0.2) is 0 Å². The predicted octanol–water partition coefficient (Wildman–Crippen LogP) is 1.43. The summed E-state index contributed by atoms with van der Waals surface area (Å²) in [4.78, 5) is 34.9. The molecule has 96 valence electrons. The van der Waals surface area contributed by atoms with E-state index in [0.29, 0.717) is 18.8 Å². The number of carbonyl (C=O) groups is 3. The van der Waals surface area contributed by atoms with Gasteiger partial charge in [0.25, 0.3) is 0 Å². The number of carbonyl (C=O) groups excluding carboxylic acids is 3. The number of hydrogen-bond donors (Lipinski definition) is 2. The summed E-state index contributed by atoms with van der Waals surface area (Å²) in [5, 5.41) is 4.37. The van der Waals surface area contributed by atoms with Gasteiger partial charge in [-0.25, -0.2) is 4.79 Å². The maximum atomic E-state index is 11.9. The fraction of sp³-hybridized carbons (Fsp3) is 0.750. The largest absolute Gasteiger partial charge is 0.328 e. The Labute approximate surface area is 101 Å². The molecule has 1 saturated heterocycles. The second-order valence-electron chi connectivity index (χ2n) is 5.10. The Hall–Kier alpha value is -1.39. The van der Waals surface area contributed by atoms with Crippen LogP contribution in [0.1, 0.15) is 40.5 Å². The number of imide groups is 2. The first kappa shape index (κ1) is 13.7. The van der Waals surface area contributed by atoms with Gasteiger partial charge in [-0.05, 0) is 24.7 Å². The highest BCUT2D eigenvalue weighted by molar-refractivity contribution is 6.19. The molecule has 1 aliphatic rings. The zero-order valence-electron chi connectivity index (χ0n) is 10.8. The molecule has 1 aliphatic heterocycles. The Morgan fingerprint density at radius 1 is 1.06 bits per heavy atom. The molecule has 0 radical (unpaired) electrons. The van der Waals surface area contributed by atoms with E-state index < -0.39 is 23.3 Å².